The first-order chi connectivity index (χ1) is 16.6. The smallest absolute Gasteiger partial charge is 0.359 e. The third kappa shape index (κ3) is 5.05. The zero-order valence-corrected chi connectivity index (χ0v) is 21.9. The maximum Gasteiger partial charge on any atom is 0.359 e. The second-order valence-corrected chi connectivity index (χ2v) is 11.6. The molecule has 2 aromatic rings. The van der Waals surface area contributed by atoms with Gasteiger partial charge in [-0.1, -0.05) is 20.8 Å². The number of fused-ring (bicyclic) bond motifs is 1. The highest BCUT2D eigenvalue weighted by Crippen LogP contribution is 2.60. The number of aromatic amines is 1. The van der Waals surface area contributed by atoms with Crippen LogP contribution in [0.15, 0.2) is 11.0 Å². The lowest BCUT2D eigenvalue weighted by molar-refractivity contribution is -0.0714. The van der Waals surface area contributed by atoms with E-state index >= 15 is 0 Å². The summed E-state index contributed by atoms with van der Waals surface area (Å²) >= 11 is 5.16. The summed E-state index contributed by atoms with van der Waals surface area (Å²) in [6.45, 7) is 6.29. The Labute approximate surface area is 210 Å². The molecule has 0 spiro atoms. The molecule has 1 aliphatic heterocycles. The van der Waals surface area contributed by atoms with E-state index < -0.39 is 65.7 Å². The lowest BCUT2D eigenvalue weighted by Crippen LogP contribution is -2.40. The third-order valence-corrected chi connectivity index (χ3v) is 9.48. The van der Waals surface area contributed by atoms with Gasteiger partial charge in [-0.15, -0.1) is 0 Å². The number of nitrogens with one attached hydrogen (secondary N) is 1. The normalized spacial score (nSPS) is 26.2. The van der Waals surface area contributed by atoms with Gasteiger partial charge in [0.25, 0.3) is 5.56 Å². The number of aliphatic hydroxyl groups is 3. The molecule has 36 heavy (non-hydrogen) atoms. The number of hydrogen-bond acceptors (Lipinski definition) is 9. The molecule has 15 heteroatoms. The van der Waals surface area contributed by atoms with Gasteiger partial charge in [0.1, 0.15) is 17.9 Å². The first-order valence-electron chi connectivity index (χ1n) is 11.4. The molecule has 1 aliphatic rings. The van der Waals surface area contributed by atoms with Crippen LogP contribution in [0, 0.1) is 16.4 Å². The minimum atomic E-state index is -4.55. The lowest BCUT2D eigenvalue weighted by Gasteiger charge is -2.38. The molecule has 0 bridgehead atoms. The second-order valence-electron chi connectivity index (χ2n) is 9.13. The van der Waals surface area contributed by atoms with Crippen molar-refractivity contribution in [2.45, 2.75) is 88.9 Å². The number of pyridine rings is 1. The Morgan fingerprint density at radius 2 is 1.83 bits per heavy atom. The van der Waals surface area contributed by atoms with Crippen LogP contribution in [0.1, 0.15) is 59.6 Å². The maximum absolute atomic E-state index is 14.4. The molecule has 2 aromatic heterocycles. The molecule has 1 saturated heterocycles. The SMILES string of the molecule is CCC(C)(CC1OC(n2cc3c(F)c(F)c(=O)[nH]c3nc2=S)C(O)C1O)OP(=O)(O)C(O)(CC)CC. The Kier molecular flexibility index (Phi) is 8.24. The van der Waals surface area contributed by atoms with Crippen LogP contribution in [-0.2, 0) is 13.8 Å². The minimum Gasteiger partial charge on any atom is -0.388 e. The van der Waals surface area contributed by atoms with Crippen LogP contribution in [0.5, 0.6) is 0 Å². The Hall–Kier alpha value is -1.64. The molecule has 0 aliphatic carbocycles. The highest BCUT2D eigenvalue weighted by molar-refractivity contribution is 7.71. The number of aliphatic hydroxyl groups excluding tert-OH is 2. The van der Waals surface area contributed by atoms with E-state index in [0.717, 1.165) is 10.8 Å². The Morgan fingerprint density at radius 3 is 2.39 bits per heavy atom. The highest BCUT2D eigenvalue weighted by Gasteiger charge is 2.51. The predicted molar refractivity (Wildman–Crippen MR) is 127 cm³/mol. The summed E-state index contributed by atoms with van der Waals surface area (Å²) in [5.41, 5.74) is -2.99. The average Bonchev–Trinajstić information content (AvgIpc) is 3.09. The van der Waals surface area contributed by atoms with Crippen LogP contribution >= 0.6 is 19.8 Å². The van der Waals surface area contributed by atoms with Crippen molar-refractivity contribution in [2.75, 3.05) is 0 Å². The summed E-state index contributed by atoms with van der Waals surface area (Å²) in [5.74, 6) is -3.12. The van der Waals surface area contributed by atoms with Gasteiger partial charge in [-0.05, 0) is 38.4 Å². The van der Waals surface area contributed by atoms with Crippen molar-refractivity contribution in [1.82, 2.24) is 14.5 Å². The highest BCUT2D eigenvalue weighted by atomic mass is 32.1. The van der Waals surface area contributed by atoms with Crippen LogP contribution in [0.25, 0.3) is 11.0 Å². The fraction of sp³-hybridized carbons (Fsp3) is 0.667. The molecule has 0 aromatic carbocycles. The summed E-state index contributed by atoms with van der Waals surface area (Å²) in [6, 6.07) is 0. The predicted octanol–water partition coefficient (Wildman–Crippen LogP) is 2.62. The van der Waals surface area contributed by atoms with Gasteiger partial charge >= 0.3 is 7.60 Å². The number of aromatic nitrogens is 3. The number of halogens is 2. The van der Waals surface area contributed by atoms with Gasteiger partial charge in [-0.3, -0.25) is 13.9 Å². The molecule has 0 saturated carbocycles. The van der Waals surface area contributed by atoms with Crippen LogP contribution in [0.3, 0.4) is 0 Å². The van der Waals surface area contributed by atoms with Gasteiger partial charge in [-0.2, -0.15) is 4.39 Å². The Balaban J connectivity index is 1.92. The molecule has 0 amide bonds. The van der Waals surface area contributed by atoms with Gasteiger partial charge < -0.3 is 34.5 Å². The monoisotopic (exact) mass is 553 g/mol. The quantitative estimate of drug-likeness (QED) is 0.230. The first-order valence-corrected chi connectivity index (χ1v) is 13.4. The molecular weight excluding hydrogens is 523 g/mol. The zero-order valence-electron chi connectivity index (χ0n) is 20.1. The van der Waals surface area contributed by atoms with Gasteiger partial charge in [-0.25, -0.2) is 9.37 Å². The molecule has 202 valence electrons. The average molecular weight is 554 g/mol. The summed E-state index contributed by atoms with van der Waals surface area (Å²) in [4.78, 5) is 28.0. The van der Waals surface area contributed by atoms with Gasteiger partial charge in [0.15, 0.2) is 17.4 Å². The standard InChI is InChI=1S/C21H30F2N3O8PS/c1-5-20(4,34-35(31,32)21(30,6-2)7-3)8-11-14(27)15(28)18(33-11)26-9-10-12(22)13(23)17(29)24-16(10)25-19(26)36/h9,11,14-15,18,27-28,30H,5-8H2,1-4H3,(H,31,32)(H,24,25,29,36). The van der Waals surface area contributed by atoms with Crippen molar-refractivity contribution in [3.8, 4) is 0 Å². The topological polar surface area (TPSA) is 167 Å². The summed E-state index contributed by atoms with van der Waals surface area (Å²) in [6.07, 6.45) is -4.68. The van der Waals surface area contributed by atoms with E-state index in [0.29, 0.717) is 0 Å². The van der Waals surface area contributed by atoms with Gasteiger partial charge in [0.05, 0.1) is 17.1 Å². The lowest BCUT2D eigenvalue weighted by atomic mass is 9.93. The van der Waals surface area contributed by atoms with Crippen molar-refractivity contribution in [3.63, 3.8) is 0 Å². The van der Waals surface area contributed by atoms with Crippen LogP contribution in [-0.4, -0.2) is 64.0 Å². The second kappa shape index (κ2) is 10.3. The summed E-state index contributed by atoms with van der Waals surface area (Å²) < 4.78 is 53.2. The van der Waals surface area contributed by atoms with E-state index in [1.807, 2.05) is 0 Å². The molecule has 3 heterocycles. The van der Waals surface area contributed by atoms with Crippen molar-refractivity contribution < 1.29 is 42.8 Å². The largest absolute Gasteiger partial charge is 0.388 e. The number of ether oxygens (including phenoxy) is 1. The number of hydrogen-bond donors (Lipinski definition) is 5. The number of rotatable bonds is 9. The van der Waals surface area contributed by atoms with Crippen LogP contribution < -0.4 is 5.56 Å². The van der Waals surface area contributed by atoms with E-state index in [2.05, 4.69) is 9.97 Å². The van der Waals surface area contributed by atoms with Crippen molar-refractivity contribution in [2.24, 2.45) is 0 Å². The van der Waals surface area contributed by atoms with Crippen LogP contribution in [0.2, 0.25) is 0 Å². The molecule has 3 rings (SSSR count). The van der Waals surface area contributed by atoms with E-state index in [1.54, 1.807) is 20.8 Å². The molecule has 6 atom stereocenters. The van der Waals surface area contributed by atoms with Gasteiger partial charge in [0, 0.05) is 12.6 Å². The third-order valence-electron chi connectivity index (χ3n) is 6.81. The van der Waals surface area contributed by atoms with Crippen molar-refractivity contribution in [1.29, 1.82) is 0 Å². The maximum atomic E-state index is 14.4. The molecule has 0 radical (unpaired) electrons. The molecule has 11 nitrogen and oxygen atoms in total. The van der Waals surface area contributed by atoms with Crippen molar-refractivity contribution in [3.05, 3.63) is 33.0 Å². The first kappa shape index (κ1) is 28.9. The van der Waals surface area contributed by atoms with E-state index in [1.165, 1.54) is 6.92 Å². The van der Waals surface area contributed by atoms with E-state index in [9.17, 15) is 38.4 Å². The number of nitrogens with zero attached hydrogens (tertiary/aromatic N) is 2. The molecule has 6 unspecified atom stereocenters. The molecular formula is C21H30F2N3O8PS. The minimum absolute atomic E-state index is 0.0317. The van der Waals surface area contributed by atoms with Crippen molar-refractivity contribution >= 4 is 30.8 Å². The Morgan fingerprint density at radius 1 is 1.22 bits per heavy atom. The Bertz CT molecular complexity index is 1300. The molecule has 1 fully saturated rings. The van der Waals surface area contributed by atoms with Gasteiger partial charge in [0.2, 0.25) is 10.6 Å². The number of H-pyrrole nitrogens is 1. The summed E-state index contributed by atoms with van der Waals surface area (Å²) in [7, 11) is -4.55. The van der Waals surface area contributed by atoms with Crippen LogP contribution in [0.4, 0.5) is 8.78 Å². The fourth-order valence-electron chi connectivity index (χ4n) is 4.12. The van der Waals surface area contributed by atoms with E-state index in [4.69, 9.17) is 21.5 Å². The zero-order chi connectivity index (χ0) is 27.2. The summed E-state index contributed by atoms with van der Waals surface area (Å²) in [5, 5.41) is 29.5. The molecule has 5 N–H and O–H groups in total. The fourth-order valence-corrected chi connectivity index (χ4v) is 6.14. The van der Waals surface area contributed by atoms with E-state index in [-0.39, 0.29) is 36.1 Å².